The molecule has 1 aromatic carbocycles. The van der Waals surface area contributed by atoms with Crippen molar-refractivity contribution in [1.82, 2.24) is 0 Å². The third kappa shape index (κ3) is 0.969. The summed E-state index contributed by atoms with van der Waals surface area (Å²) in [6.45, 7) is 4.98. The van der Waals surface area contributed by atoms with E-state index in [9.17, 15) is 8.78 Å². The largest absolute Gasteiger partial charge is 0.278 e. The SMILES string of the molecule is C=C1CC(C)(c2ccccc2)C1(F)F. The summed E-state index contributed by atoms with van der Waals surface area (Å²) >= 11 is 0. The Hall–Kier alpha value is -1.18. The van der Waals surface area contributed by atoms with Crippen LogP contribution in [0.25, 0.3) is 0 Å². The van der Waals surface area contributed by atoms with Gasteiger partial charge >= 0.3 is 0 Å². The lowest BCUT2D eigenvalue weighted by molar-refractivity contribution is -0.0885. The van der Waals surface area contributed by atoms with Crippen LogP contribution in [0, 0.1) is 0 Å². The number of hydrogen-bond donors (Lipinski definition) is 0. The lowest BCUT2D eigenvalue weighted by Crippen LogP contribution is -2.54. The van der Waals surface area contributed by atoms with Crippen molar-refractivity contribution in [2.24, 2.45) is 0 Å². The first kappa shape index (κ1) is 9.38. The Kier molecular flexibility index (Phi) is 1.78. The molecule has 2 rings (SSSR count). The van der Waals surface area contributed by atoms with Crippen molar-refractivity contribution in [1.29, 1.82) is 0 Å². The molecule has 74 valence electrons. The molecule has 0 N–H and O–H groups in total. The number of halogens is 2. The van der Waals surface area contributed by atoms with Gasteiger partial charge in [-0.15, -0.1) is 0 Å². The fourth-order valence-electron chi connectivity index (χ4n) is 2.02. The molecule has 1 unspecified atom stereocenters. The summed E-state index contributed by atoms with van der Waals surface area (Å²) in [5.41, 5.74) is -0.313. The van der Waals surface area contributed by atoms with E-state index in [1.807, 2.05) is 6.07 Å². The molecule has 0 heterocycles. The third-order valence-electron chi connectivity index (χ3n) is 3.11. The highest BCUT2D eigenvalue weighted by Gasteiger charge is 2.62. The van der Waals surface area contributed by atoms with E-state index in [2.05, 4.69) is 6.58 Å². The second-order valence-corrected chi connectivity index (χ2v) is 4.05. The van der Waals surface area contributed by atoms with E-state index in [0.717, 1.165) is 0 Å². The molecule has 0 radical (unpaired) electrons. The van der Waals surface area contributed by atoms with Crippen molar-refractivity contribution in [3.8, 4) is 0 Å². The van der Waals surface area contributed by atoms with Crippen LogP contribution in [-0.2, 0) is 5.41 Å². The highest BCUT2D eigenvalue weighted by atomic mass is 19.3. The summed E-state index contributed by atoms with van der Waals surface area (Å²) in [4.78, 5) is 0. The minimum atomic E-state index is -2.76. The van der Waals surface area contributed by atoms with Gasteiger partial charge in [0.15, 0.2) is 0 Å². The first-order chi connectivity index (χ1) is 6.48. The second kappa shape index (κ2) is 2.66. The van der Waals surface area contributed by atoms with E-state index in [1.165, 1.54) is 0 Å². The molecular weight excluding hydrogens is 182 g/mol. The van der Waals surface area contributed by atoms with Crippen LogP contribution in [-0.4, -0.2) is 5.92 Å². The lowest BCUT2D eigenvalue weighted by atomic mass is 9.60. The molecular formula is C12H12F2. The first-order valence-electron chi connectivity index (χ1n) is 4.60. The third-order valence-corrected chi connectivity index (χ3v) is 3.11. The van der Waals surface area contributed by atoms with E-state index < -0.39 is 11.3 Å². The summed E-state index contributed by atoms with van der Waals surface area (Å²) in [5, 5.41) is 0. The van der Waals surface area contributed by atoms with Gasteiger partial charge < -0.3 is 0 Å². The van der Waals surface area contributed by atoms with Crippen LogP contribution in [0.4, 0.5) is 8.78 Å². The van der Waals surface area contributed by atoms with E-state index in [4.69, 9.17) is 0 Å². The Morgan fingerprint density at radius 3 is 2.21 bits per heavy atom. The van der Waals surface area contributed by atoms with Crippen molar-refractivity contribution in [2.45, 2.75) is 24.7 Å². The van der Waals surface area contributed by atoms with Gasteiger partial charge in [0.05, 0.1) is 5.41 Å². The predicted molar refractivity (Wildman–Crippen MR) is 52.5 cm³/mol. The summed E-state index contributed by atoms with van der Waals surface area (Å²) in [5.74, 6) is -2.76. The summed E-state index contributed by atoms with van der Waals surface area (Å²) in [7, 11) is 0. The van der Waals surface area contributed by atoms with Crippen molar-refractivity contribution >= 4 is 0 Å². The van der Waals surface area contributed by atoms with Crippen LogP contribution in [0.2, 0.25) is 0 Å². The van der Waals surface area contributed by atoms with Gasteiger partial charge in [-0.05, 0) is 24.5 Å². The number of alkyl halides is 2. The maximum absolute atomic E-state index is 13.6. The van der Waals surface area contributed by atoms with Crippen LogP contribution >= 0.6 is 0 Å². The molecule has 0 saturated heterocycles. The molecule has 1 fully saturated rings. The van der Waals surface area contributed by atoms with Gasteiger partial charge in [-0.25, -0.2) is 8.78 Å². The molecule has 14 heavy (non-hydrogen) atoms. The molecule has 1 aromatic rings. The number of rotatable bonds is 1. The summed E-state index contributed by atoms with van der Waals surface area (Å²) in [6, 6.07) is 8.91. The van der Waals surface area contributed by atoms with Gasteiger partial charge in [0.2, 0.25) is 0 Å². The Balaban J connectivity index is 2.42. The summed E-state index contributed by atoms with van der Waals surface area (Å²) in [6.07, 6.45) is 0.379. The van der Waals surface area contributed by atoms with Crippen molar-refractivity contribution in [2.75, 3.05) is 0 Å². The Morgan fingerprint density at radius 2 is 1.79 bits per heavy atom. The maximum Gasteiger partial charge on any atom is 0.278 e. The van der Waals surface area contributed by atoms with Crippen LogP contribution in [0.5, 0.6) is 0 Å². The molecule has 0 nitrogen and oxygen atoms in total. The Labute approximate surface area is 82.3 Å². The minimum Gasteiger partial charge on any atom is -0.201 e. The Bertz CT molecular complexity index is 367. The molecule has 0 spiro atoms. The fraction of sp³-hybridized carbons (Fsp3) is 0.333. The van der Waals surface area contributed by atoms with Crippen molar-refractivity contribution in [3.05, 3.63) is 48.0 Å². The van der Waals surface area contributed by atoms with Crippen LogP contribution in [0.15, 0.2) is 42.5 Å². The molecule has 1 aliphatic carbocycles. The molecule has 1 atom stereocenters. The molecule has 1 saturated carbocycles. The van der Waals surface area contributed by atoms with Gasteiger partial charge in [-0.1, -0.05) is 36.9 Å². The topological polar surface area (TPSA) is 0 Å². The minimum absolute atomic E-state index is 0.0452. The quantitative estimate of drug-likeness (QED) is 0.600. The van der Waals surface area contributed by atoms with Gasteiger partial charge in [0, 0.05) is 0 Å². The zero-order valence-corrected chi connectivity index (χ0v) is 8.06. The maximum atomic E-state index is 13.6. The van der Waals surface area contributed by atoms with E-state index in [0.29, 0.717) is 12.0 Å². The first-order valence-corrected chi connectivity index (χ1v) is 4.60. The Morgan fingerprint density at radius 1 is 1.21 bits per heavy atom. The van der Waals surface area contributed by atoms with Crippen LogP contribution < -0.4 is 0 Å². The smallest absolute Gasteiger partial charge is 0.201 e. The van der Waals surface area contributed by atoms with Crippen LogP contribution in [0.3, 0.4) is 0 Å². The predicted octanol–water partition coefficient (Wildman–Crippen LogP) is 3.54. The fourth-order valence-corrected chi connectivity index (χ4v) is 2.02. The number of benzene rings is 1. The average Bonchev–Trinajstić information content (AvgIpc) is 2.19. The molecule has 0 amide bonds. The van der Waals surface area contributed by atoms with E-state index >= 15 is 0 Å². The zero-order chi connectivity index (χ0) is 10.4. The number of allylic oxidation sites excluding steroid dienone is 1. The highest BCUT2D eigenvalue weighted by Crippen LogP contribution is 2.57. The lowest BCUT2D eigenvalue weighted by Gasteiger charge is -2.48. The van der Waals surface area contributed by atoms with Gasteiger partial charge in [-0.3, -0.25) is 0 Å². The van der Waals surface area contributed by atoms with E-state index in [1.54, 1.807) is 31.2 Å². The molecule has 0 bridgehead atoms. The monoisotopic (exact) mass is 194 g/mol. The second-order valence-electron chi connectivity index (χ2n) is 4.05. The number of hydrogen-bond acceptors (Lipinski definition) is 0. The molecule has 2 heteroatoms. The van der Waals surface area contributed by atoms with Gasteiger partial charge in [0.1, 0.15) is 0 Å². The van der Waals surface area contributed by atoms with Gasteiger partial charge in [0.25, 0.3) is 5.92 Å². The summed E-state index contributed by atoms with van der Waals surface area (Å²) < 4.78 is 27.1. The standard InChI is InChI=1S/C12H12F2/c1-9-8-11(2,12(9,13)14)10-6-4-3-5-7-10/h3-7H,1,8H2,2H3. The molecule has 0 aliphatic heterocycles. The van der Waals surface area contributed by atoms with E-state index in [-0.39, 0.29) is 5.57 Å². The van der Waals surface area contributed by atoms with Crippen molar-refractivity contribution in [3.63, 3.8) is 0 Å². The zero-order valence-electron chi connectivity index (χ0n) is 8.06. The molecule has 0 aromatic heterocycles. The van der Waals surface area contributed by atoms with Crippen molar-refractivity contribution < 1.29 is 8.78 Å². The van der Waals surface area contributed by atoms with Crippen LogP contribution in [0.1, 0.15) is 18.9 Å². The highest BCUT2D eigenvalue weighted by molar-refractivity contribution is 5.42. The average molecular weight is 194 g/mol. The molecule has 1 aliphatic rings. The van der Waals surface area contributed by atoms with Gasteiger partial charge in [-0.2, -0.15) is 0 Å². The normalized spacial score (nSPS) is 29.8.